The van der Waals surface area contributed by atoms with Crippen molar-refractivity contribution in [3.8, 4) is 5.69 Å². The van der Waals surface area contributed by atoms with Crippen LogP contribution in [-0.2, 0) is 23.1 Å². The number of hydrogen-bond donors (Lipinski definition) is 3. The first-order chi connectivity index (χ1) is 16.2. The molecule has 34 heavy (non-hydrogen) atoms. The van der Waals surface area contributed by atoms with Gasteiger partial charge in [0.25, 0.3) is 15.6 Å². The fourth-order valence-corrected chi connectivity index (χ4v) is 6.60. The highest BCUT2D eigenvalue weighted by Gasteiger charge is 2.23. The van der Waals surface area contributed by atoms with Gasteiger partial charge in [-0.2, -0.15) is 0 Å². The van der Waals surface area contributed by atoms with E-state index in [1.807, 2.05) is 22.9 Å². The fraction of sp³-hybridized carbons (Fsp3) is 0.0909. The van der Waals surface area contributed by atoms with Gasteiger partial charge in [0.15, 0.2) is 0 Å². The molecule has 0 saturated carbocycles. The Kier molecular flexibility index (Phi) is 5.86. The van der Waals surface area contributed by atoms with Gasteiger partial charge in [-0.25, -0.2) is 17.9 Å². The van der Waals surface area contributed by atoms with Gasteiger partial charge in [0.1, 0.15) is 4.21 Å². The molecular weight excluding hydrogens is 519 g/mol. The van der Waals surface area contributed by atoms with Gasteiger partial charge in [0, 0.05) is 29.9 Å². The van der Waals surface area contributed by atoms with E-state index in [9.17, 15) is 18.0 Å². The molecule has 0 saturated heterocycles. The number of urea groups is 1. The average Bonchev–Trinajstić information content (AvgIpc) is 3.44. The van der Waals surface area contributed by atoms with E-state index in [0.29, 0.717) is 24.2 Å². The highest BCUT2D eigenvalue weighted by molar-refractivity contribution is 7.92. The van der Waals surface area contributed by atoms with Gasteiger partial charge in [-0.05, 0) is 47.3 Å². The maximum absolute atomic E-state index is 13.3. The summed E-state index contributed by atoms with van der Waals surface area (Å²) in [4.78, 5) is 25.6. The minimum atomic E-state index is -4.07. The first kappa shape index (κ1) is 22.9. The van der Waals surface area contributed by atoms with Crippen molar-refractivity contribution in [2.75, 3.05) is 5.32 Å². The van der Waals surface area contributed by atoms with E-state index >= 15 is 0 Å². The second kappa shape index (κ2) is 8.71. The smallest absolute Gasteiger partial charge is 0.307 e. The number of rotatable bonds is 4. The van der Waals surface area contributed by atoms with Gasteiger partial charge < -0.3 is 10.6 Å². The predicted octanol–water partition coefficient (Wildman–Crippen LogP) is 4.47. The number of fused-ring (bicyclic) bond motifs is 3. The van der Waals surface area contributed by atoms with Crippen LogP contribution in [0.5, 0.6) is 0 Å². The van der Waals surface area contributed by atoms with Crippen molar-refractivity contribution in [1.29, 1.82) is 0 Å². The number of pyridine rings is 1. The second-order valence-electron chi connectivity index (χ2n) is 7.50. The Morgan fingerprint density at radius 2 is 1.79 bits per heavy atom. The first-order valence-corrected chi connectivity index (χ1v) is 13.1. The summed E-state index contributed by atoms with van der Waals surface area (Å²) < 4.78 is 28.3. The van der Waals surface area contributed by atoms with Gasteiger partial charge in [0.05, 0.1) is 15.0 Å². The zero-order chi connectivity index (χ0) is 24.0. The number of nitrogens with one attached hydrogen (secondary N) is 3. The summed E-state index contributed by atoms with van der Waals surface area (Å²) in [6.45, 7) is 1.15. The summed E-state index contributed by atoms with van der Waals surface area (Å²) in [6, 6.07) is 13.8. The molecule has 3 heterocycles. The number of amides is 2. The van der Waals surface area contributed by atoms with Crippen molar-refractivity contribution < 1.29 is 13.2 Å². The molecule has 8 nitrogen and oxygen atoms in total. The summed E-state index contributed by atoms with van der Waals surface area (Å²) in [5, 5.41) is 7.44. The first-order valence-electron chi connectivity index (χ1n) is 10.00. The molecule has 0 radical (unpaired) electrons. The molecule has 0 bridgehead atoms. The molecule has 174 valence electrons. The van der Waals surface area contributed by atoms with Gasteiger partial charge in [0.2, 0.25) is 0 Å². The molecule has 12 heteroatoms. The Balaban J connectivity index is 1.45. The van der Waals surface area contributed by atoms with E-state index in [-0.39, 0.29) is 24.8 Å². The number of benzene rings is 2. The van der Waals surface area contributed by atoms with Crippen LogP contribution in [0, 0.1) is 0 Å². The molecule has 5 rings (SSSR count). The maximum atomic E-state index is 13.3. The van der Waals surface area contributed by atoms with Crippen molar-refractivity contribution >= 4 is 67.1 Å². The lowest BCUT2D eigenvalue weighted by atomic mass is 10.0. The zero-order valence-corrected chi connectivity index (χ0v) is 20.4. The molecule has 2 aromatic heterocycles. The Labute approximate surface area is 208 Å². The highest BCUT2D eigenvalue weighted by Crippen LogP contribution is 2.30. The van der Waals surface area contributed by atoms with Gasteiger partial charge in [-0.15, -0.1) is 11.3 Å². The van der Waals surface area contributed by atoms with Crippen LogP contribution in [0.3, 0.4) is 0 Å². The molecule has 0 spiro atoms. The number of thiophene rings is 1. The monoisotopic (exact) mass is 534 g/mol. The number of anilines is 1. The number of sulfonamides is 1. The third-order valence-electron chi connectivity index (χ3n) is 5.39. The number of carbonyl (C=O) groups excluding carboxylic acids is 1. The summed E-state index contributed by atoms with van der Waals surface area (Å²) in [5.74, 6) is 0. The van der Waals surface area contributed by atoms with Crippen LogP contribution in [0.2, 0.25) is 9.36 Å². The van der Waals surface area contributed by atoms with Crippen LogP contribution in [0.1, 0.15) is 11.3 Å². The number of carbonyl (C=O) groups is 1. The van der Waals surface area contributed by atoms with Crippen molar-refractivity contribution in [2.24, 2.45) is 0 Å². The molecule has 1 aliphatic heterocycles. The lowest BCUT2D eigenvalue weighted by Crippen LogP contribution is -2.34. The minimum absolute atomic E-state index is 0.0841. The summed E-state index contributed by atoms with van der Waals surface area (Å²) >= 11 is 13.1. The lowest BCUT2D eigenvalue weighted by molar-refractivity contribution is 0.256. The molecule has 2 amide bonds. The Morgan fingerprint density at radius 3 is 2.50 bits per heavy atom. The van der Waals surface area contributed by atoms with E-state index in [2.05, 4.69) is 10.6 Å². The lowest BCUT2D eigenvalue weighted by Gasteiger charge is -2.16. The predicted molar refractivity (Wildman–Crippen MR) is 134 cm³/mol. The molecule has 0 fully saturated rings. The van der Waals surface area contributed by atoms with Crippen LogP contribution in [0.4, 0.5) is 10.5 Å². The number of aromatic nitrogens is 1. The Bertz CT molecular complexity index is 1630. The minimum Gasteiger partial charge on any atom is -0.307 e. The van der Waals surface area contributed by atoms with Crippen LogP contribution in [-0.4, -0.2) is 19.0 Å². The molecule has 0 unspecified atom stereocenters. The van der Waals surface area contributed by atoms with Crippen LogP contribution in [0.15, 0.2) is 63.6 Å². The third kappa shape index (κ3) is 4.08. The quantitative estimate of drug-likeness (QED) is 0.357. The van der Waals surface area contributed by atoms with Crippen molar-refractivity contribution in [3.05, 3.63) is 85.6 Å². The molecule has 2 aromatic carbocycles. The topological polar surface area (TPSA) is 109 Å². The van der Waals surface area contributed by atoms with E-state index in [0.717, 1.165) is 28.0 Å². The largest absolute Gasteiger partial charge is 0.333 e. The third-order valence-corrected chi connectivity index (χ3v) is 8.74. The summed E-state index contributed by atoms with van der Waals surface area (Å²) in [5.41, 5.74) is 2.38. The Morgan fingerprint density at radius 1 is 1.03 bits per heavy atom. The summed E-state index contributed by atoms with van der Waals surface area (Å²) in [7, 11) is -4.07. The standard InChI is InChI=1S/C22H16Cl2N4O4S2/c23-16-9-12(26-22(30)27-34(31,32)20-8-7-19(24)33-20)5-6-17(16)28-18-11-25-10-15(18)13-3-1-2-4-14(13)21(28)29/h1-9,25H,10-11H2,(H2,26,27,30). The van der Waals surface area contributed by atoms with Crippen LogP contribution in [0.25, 0.3) is 16.5 Å². The van der Waals surface area contributed by atoms with E-state index in [1.165, 1.54) is 18.2 Å². The summed E-state index contributed by atoms with van der Waals surface area (Å²) in [6.07, 6.45) is 0. The van der Waals surface area contributed by atoms with Crippen LogP contribution >= 0.6 is 34.5 Å². The normalized spacial score (nSPS) is 13.1. The van der Waals surface area contributed by atoms with Crippen molar-refractivity contribution in [3.63, 3.8) is 0 Å². The number of hydrogen-bond acceptors (Lipinski definition) is 6. The second-order valence-corrected chi connectivity index (χ2v) is 11.5. The molecular formula is C22H16Cl2N4O4S2. The molecule has 1 aliphatic rings. The van der Waals surface area contributed by atoms with Gasteiger partial charge >= 0.3 is 6.03 Å². The van der Waals surface area contributed by atoms with Gasteiger partial charge in [-0.3, -0.25) is 9.36 Å². The zero-order valence-electron chi connectivity index (χ0n) is 17.3. The number of halogens is 2. The average molecular weight is 535 g/mol. The highest BCUT2D eigenvalue weighted by atomic mass is 35.5. The molecule has 4 aromatic rings. The van der Waals surface area contributed by atoms with E-state index in [1.54, 1.807) is 22.8 Å². The molecule has 0 atom stereocenters. The Hall–Kier alpha value is -2.89. The SMILES string of the molecule is O=C(Nc1ccc(-n2c3c(c4ccccc4c2=O)CNC3)c(Cl)c1)NS(=O)(=O)c1ccc(Cl)s1. The van der Waals surface area contributed by atoms with Gasteiger partial charge in [-0.1, -0.05) is 41.4 Å². The van der Waals surface area contributed by atoms with Crippen molar-refractivity contribution in [1.82, 2.24) is 14.6 Å². The van der Waals surface area contributed by atoms with Crippen LogP contribution < -0.4 is 20.9 Å². The molecule has 3 N–H and O–H groups in total. The molecule has 0 aliphatic carbocycles. The number of nitrogens with zero attached hydrogens (tertiary/aromatic N) is 1. The maximum Gasteiger partial charge on any atom is 0.333 e. The fourth-order valence-electron chi connectivity index (χ4n) is 3.95. The van der Waals surface area contributed by atoms with E-state index in [4.69, 9.17) is 23.2 Å². The van der Waals surface area contributed by atoms with E-state index < -0.39 is 16.1 Å². The van der Waals surface area contributed by atoms with Crippen molar-refractivity contribution in [2.45, 2.75) is 17.3 Å².